The summed E-state index contributed by atoms with van der Waals surface area (Å²) in [5.74, 6) is -0.212. The number of hydrogen-bond donors (Lipinski definition) is 0. The van der Waals surface area contributed by atoms with Gasteiger partial charge in [-0.3, -0.25) is 4.79 Å². The fourth-order valence-corrected chi connectivity index (χ4v) is 2.67. The lowest BCUT2D eigenvalue weighted by Gasteiger charge is -2.06. The van der Waals surface area contributed by atoms with Gasteiger partial charge in [-0.1, -0.05) is 0 Å². The lowest BCUT2D eigenvalue weighted by molar-refractivity contribution is -0.131. The van der Waals surface area contributed by atoms with Crippen LogP contribution in [-0.2, 0) is 4.79 Å². The summed E-state index contributed by atoms with van der Waals surface area (Å²) in [4.78, 5) is 11.2. The maximum Gasteiger partial charge on any atom is 0.308 e. The van der Waals surface area contributed by atoms with E-state index in [2.05, 4.69) is 27.7 Å². The maximum absolute atomic E-state index is 13.0. The van der Waals surface area contributed by atoms with Crippen LogP contribution in [0.1, 0.15) is 6.92 Å². The molecule has 21 heavy (non-hydrogen) atoms. The van der Waals surface area contributed by atoms with Gasteiger partial charge in [0.1, 0.15) is 11.6 Å². The molecular weight excluding hydrogens is 386 g/mol. The van der Waals surface area contributed by atoms with Gasteiger partial charge in [-0.25, -0.2) is 9.07 Å². The van der Waals surface area contributed by atoms with Crippen molar-refractivity contribution in [2.24, 2.45) is 0 Å². The SMILES string of the molecule is CC(=O)Oc1cc(I)cc2c1cnn2-c1ccc(F)cc1. The second-order valence-electron chi connectivity index (χ2n) is 4.46. The van der Waals surface area contributed by atoms with Crippen molar-refractivity contribution < 1.29 is 13.9 Å². The van der Waals surface area contributed by atoms with Crippen LogP contribution in [0.2, 0.25) is 0 Å². The van der Waals surface area contributed by atoms with Gasteiger partial charge in [0.2, 0.25) is 0 Å². The zero-order valence-electron chi connectivity index (χ0n) is 11.0. The number of carbonyl (C=O) groups is 1. The van der Waals surface area contributed by atoms with Crippen molar-refractivity contribution in [2.45, 2.75) is 6.92 Å². The van der Waals surface area contributed by atoms with Crippen LogP contribution in [-0.4, -0.2) is 15.7 Å². The molecule has 0 bridgehead atoms. The fourth-order valence-electron chi connectivity index (χ4n) is 2.09. The van der Waals surface area contributed by atoms with E-state index in [1.54, 1.807) is 29.1 Å². The van der Waals surface area contributed by atoms with Gasteiger partial charge in [-0.15, -0.1) is 0 Å². The maximum atomic E-state index is 13.0. The third kappa shape index (κ3) is 2.76. The molecule has 0 amide bonds. The molecule has 0 saturated carbocycles. The molecule has 1 aromatic heterocycles. The van der Waals surface area contributed by atoms with Crippen LogP contribution < -0.4 is 4.74 Å². The number of hydrogen-bond acceptors (Lipinski definition) is 3. The molecule has 3 rings (SSSR count). The summed E-state index contributed by atoms with van der Waals surface area (Å²) in [6.45, 7) is 1.36. The van der Waals surface area contributed by atoms with E-state index in [9.17, 15) is 9.18 Å². The molecule has 1 heterocycles. The van der Waals surface area contributed by atoms with Gasteiger partial charge < -0.3 is 4.74 Å². The number of nitrogens with zero attached hydrogens (tertiary/aromatic N) is 2. The molecule has 4 nitrogen and oxygen atoms in total. The molecule has 0 atom stereocenters. The lowest BCUT2D eigenvalue weighted by Crippen LogP contribution is -2.02. The second-order valence-corrected chi connectivity index (χ2v) is 5.71. The molecule has 0 aliphatic rings. The molecule has 0 radical (unpaired) electrons. The summed E-state index contributed by atoms with van der Waals surface area (Å²) in [7, 11) is 0. The molecule has 0 unspecified atom stereocenters. The third-order valence-electron chi connectivity index (χ3n) is 2.94. The molecule has 0 spiro atoms. The largest absolute Gasteiger partial charge is 0.426 e. The standard InChI is InChI=1S/C15H10FIN2O2/c1-9(20)21-15-7-11(17)6-14-13(15)8-18-19(14)12-4-2-10(16)3-5-12/h2-8H,1H3. The van der Waals surface area contributed by atoms with E-state index in [4.69, 9.17) is 4.74 Å². The highest BCUT2D eigenvalue weighted by Gasteiger charge is 2.12. The van der Waals surface area contributed by atoms with Crippen molar-refractivity contribution in [1.82, 2.24) is 9.78 Å². The van der Waals surface area contributed by atoms with E-state index >= 15 is 0 Å². The zero-order chi connectivity index (χ0) is 15.0. The number of carbonyl (C=O) groups excluding carboxylic acids is 1. The van der Waals surface area contributed by atoms with Crippen LogP contribution in [0.3, 0.4) is 0 Å². The first-order valence-corrected chi connectivity index (χ1v) is 7.24. The monoisotopic (exact) mass is 396 g/mol. The van der Waals surface area contributed by atoms with Crippen LogP contribution in [0.4, 0.5) is 4.39 Å². The van der Waals surface area contributed by atoms with Crippen LogP contribution in [0, 0.1) is 9.39 Å². The minimum absolute atomic E-state index is 0.301. The fraction of sp³-hybridized carbons (Fsp3) is 0.0667. The number of ether oxygens (including phenoxy) is 1. The molecule has 0 fully saturated rings. The van der Waals surface area contributed by atoms with Crippen molar-refractivity contribution in [3.63, 3.8) is 0 Å². The number of aromatic nitrogens is 2. The summed E-state index contributed by atoms with van der Waals surface area (Å²) in [5, 5.41) is 5.04. The number of esters is 1. The summed E-state index contributed by atoms with van der Waals surface area (Å²) in [6.07, 6.45) is 1.63. The Morgan fingerprint density at radius 1 is 1.29 bits per heavy atom. The topological polar surface area (TPSA) is 44.1 Å². The normalized spacial score (nSPS) is 10.8. The van der Waals surface area contributed by atoms with Gasteiger partial charge in [0, 0.05) is 10.5 Å². The van der Waals surface area contributed by atoms with Crippen molar-refractivity contribution in [3.05, 3.63) is 52.0 Å². The van der Waals surface area contributed by atoms with Gasteiger partial charge >= 0.3 is 5.97 Å². The predicted molar refractivity (Wildman–Crippen MR) is 85.1 cm³/mol. The lowest BCUT2D eigenvalue weighted by atomic mass is 10.2. The predicted octanol–water partition coefficient (Wildman–Crippen LogP) is 3.69. The summed E-state index contributed by atoms with van der Waals surface area (Å²) in [5.41, 5.74) is 1.53. The number of halogens is 2. The van der Waals surface area contributed by atoms with E-state index in [0.29, 0.717) is 5.75 Å². The molecule has 3 aromatic rings. The Kier molecular flexibility index (Phi) is 3.62. The molecule has 2 aromatic carbocycles. The molecule has 6 heteroatoms. The van der Waals surface area contributed by atoms with E-state index < -0.39 is 0 Å². The van der Waals surface area contributed by atoms with Crippen LogP contribution >= 0.6 is 22.6 Å². The summed E-state index contributed by atoms with van der Waals surface area (Å²) in [6, 6.07) is 9.76. The van der Waals surface area contributed by atoms with Gasteiger partial charge in [0.05, 0.1) is 22.8 Å². The highest BCUT2D eigenvalue weighted by atomic mass is 127. The van der Waals surface area contributed by atoms with Crippen molar-refractivity contribution in [3.8, 4) is 11.4 Å². The quantitative estimate of drug-likeness (QED) is 0.377. The van der Waals surface area contributed by atoms with Crippen LogP contribution in [0.5, 0.6) is 5.75 Å². The Bertz CT molecular complexity index is 828. The van der Waals surface area contributed by atoms with Crippen LogP contribution in [0.15, 0.2) is 42.6 Å². The average molecular weight is 396 g/mol. The number of fused-ring (bicyclic) bond motifs is 1. The first-order valence-electron chi connectivity index (χ1n) is 6.16. The number of rotatable bonds is 2. The minimum atomic E-state index is -0.382. The average Bonchev–Trinajstić information content (AvgIpc) is 2.83. The molecule has 0 N–H and O–H groups in total. The van der Waals surface area contributed by atoms with Crippen LogP contribution in [0.25, 0.3) is 16.6 Å². The zero-order valence-corrected chi connectivity index (χ0v) is 13.2. The molecule has 0 aliphatic heterocycles. The van der Waals surface area contributed by atoms with Gasteiger partial charge in [0.15, 0.2) is 0 Å². The Morgan fingerprint density at radius 3 is 2.67 bits per heavy atom. The molecule has 0 aliphatic carbocycles. The summed E-state index contributed by atoms with van der Waals surface area (Å²) >= 11 is 2.15. The molecule has 0 saturated heterocycles. The van der Waals surface area contributed by atoms with Crippen molar-refractivity contribution in [1.29, 1.82) is 0 Å². The Labute approximate surface area is 133 Å². The van der Waals surface area contributed by atoms with Crippen molar-refractivity contribution >= 4 is 39.5 Å². The first kappa shape index (κ1) is 14.0. The van der Waals surface area contributed by atoms with Crippen molar-refractivity contribution in [2.75, 3.05) is 0 Å². The molecule has 106 valence electrons. The highest BCUT2D eigenvalue weighted by molar-refractivity contribution is 14.1. The summed E-state index contributed by atoms with van der Waals surface area (Å²) < 4.78 is 20.8. The highest BCUT2D eigenvalue weighted by Crippen LogP contribution is 2.30. The van der Waals surface area contributed by atoms with E-state index in [0.717, 1.165) is 20.2 Å². The second kappa shape index (κ2) is 5.44. The van der Waals surface area contributed by atoms with E-state index in [-0.39, 0.29) is 11.8 Å². The minimum Gasteiger partial charge on any atom is -0.426 e. The third-order valence-corrected chi connectivity index (χ3v) is 3.56. The number of benzene rings is 2. The van der Waals surface area contributed by atoms with E-state index in [1.807, 2.05) is 6.07 Å². The van der Waals surface area contributed by atoms with Gasteiger partial charge in [-0.2, -0.15) is 5.10 Å². The van der Waals surface area contributed by atoms with Gasteiger partial charge in [-0.05, 0) is 59.0 Å². The van der Waals surface area contributed by atoms with Gasteiger partial charge in [0.25, 0.3) is 0 Å². The van der Waals surface area contributed by atoms with E-state index in [1.165, 1.54) is 19.1 Å². The molecular formula is C15H10FIN2O2. The smallest absolute Gasteiger partial charge is 0.308 e. The Balaban J connectivity index is 2.19. The Hall–Kier alpha value is -1.96. The first-order chi connectivity index (χ1) is 10.0. The Morgan fingerprint density at radius 2 is 2.00 bits per heavy atom.